The monoisotopic (exact) mass is 247 g/mol. The highest BCUT2D eigenvalue weighted by Gasteiger charge is 2.27. The first-order valence-electron chi connectivity index (χ1n) is 6.59. The van der Waals surface area contributed by atoms with Crippen molar-refractivity contribution in [3.63, 3.8) is 0 Å². The number of carboxylic acids is 1. The van der Waals surface area contributed by atoms with Gasteiger partial charge in [0.1, 0.15) is 0 Å². The fraction of sp³-hybridized carbons (Fsp3) is 0.533. The van der Waals surface area contributed by atoms with E-state index in [0.29, 0.717) is 6.54 Å². The van der Waals surface area contributed by atoms with E-state index in [0.717, 1.165) is 18.5 Å². The Morgan fingerprint density at radius 3 is 2.78 bits per heavy atom. The van der Waals surface area contributed by atoms with Gasteiger partial charge in [-0.2, -0.15) is 0 Å². The van der Waals surface area contributed by atoms with Crippen molar-refractivity contribution in [3.8, 4) is 0 Å². The molecule has 0 unspecified atom stereocenters. The van der Waals surface area contributed by atoms with Gasteiger partial charge in [-0.05, 0) is 56.7 Å². The maximum atomic E-state index is 11.1. The van der Waals surface area contributed by atoms with E-state index in [1.807, 2.05) is 0 Å². The zero-order valence-electron chi connectivity index (χ0n) is 11.1. The summed E-state index contributed by atoms with van der Waals surface area (Å²) < 4.78 is 0. The van der Waals surface area contributed by atoms with E-state index in [9.17, 15) is 4.79 Å². The lowest BCUT2D eigenvalue weighted by Gasteiger charge is -2.24. The van der Waals surface area contributed by atoms with Gasteiger partial charge in [-0.15, -0.1) is 0 Å². The van der Waals surface area contributed by atoms with Gasteiger partial charge in [-0.25, -0.2) is 0 Å². The number of carbonyl (C=O) groups is 1. The average Bonchev–Trinajstić information content (AvgIpc) is 2.36. The normalized spacial score (nSPS) is 15.0. The quantitative estimate of drug-likeness (QED) is 0.859. The zero-order valence-corrected chi connectivity index (χ0v) is 11.1. The number of anilines is 1. The van der Waals surface area contributed by atoms with E-state index in [1.54, 1.807) is 13.8 Å². The van der Waals surface area contributed by atoms with Gasteiger partial charge < -0.3 is 10.4 Å². The Hall–Kier alpha value is -1.51. The Bertz CT molecular complexity index is 452. The first-order chi connectivity index (χ1) is 8.50. The van der Waals surface area contributed by atoms with Crippen LogP contribution in [0.15, 0.2) is 18.2 Å². The molecule has 1 aromatic rings. The van der Waals surface area contributed by atoms with Crippen molar-refractivity contribution >= 4 is 11.7 Å². The van der Waals surface area contributed by atoms with Gasteiger partial charge in [-0.3, -0.25) is 4.79 Å². The molecule has 0 heterocycles. The predicted octanol–water partition coefficient (Wildman–Crippen LogP) is 3.09. The zero-order chi connectivity index (χ0) is 13.2. The SMILES string of the molecule is CC(C)(CNc1cccc2c1CCCC2)C(=O)O. The van der Waals surface area contributed by atoms with Gasteiger partial charge in [0, 0.05) is 12.2 Å². The van der Waals surface area contributed by atoms with Crippen molar-refractivity contribution < 1.29 is 9.90 Å². The molecule has 1 aromatic carbocycles. The lowest BCUT2D eigenvalue weighted by molar-refractivity contribution is -0.146. The van der Waals surface area contributed by atoms with E-state index in [-0.39, 0.29) is 0 Å². The van der Waals surface area contributed by atoms with Gasteiger partial charge in [0.25, 0.3) is 0 Å². The summed E-state index contributed by atoms with van der Waals surface area (Å²) in [6.45, 7) is 3.95. The molecule has 3 heteroatoms. The number of aryl methyl sites for hydroxylation is 1. The molecule has 1 aliphatic carbocycles. The molecule has 0 spiro atoms. The fourth-order valence-corrected chi connectivity index (χ4v) is 2.34. The third kappa shape index (κ3) is 2.66. The second kappa shape index (κ2) is 5.01. The molecule has 0 fully saturated rings. The number of aliphatic carboxylic acids is 1. The Morgan fingerprint density at radius 1 is 1.33 bits per heavy atom. The van der Waals surface area contributed by atoms with Crippen LogP contribution in [0.1, 0.15) is 37.8 Å². The van der Waals surface area contributed by atoms with Crippen molar-refractivity contribution in [2.75, 3.05) is 11.9 Å². The Labute approximate surface area is 108 Å². The summed E-state index contributed by atoms with van der Waals surface area (Å²) in [5.74, 6) is -0.764. The Balaban J connectivity index is 2.13. The van der Waals surface area contributed by atoms with Gasteiger partial charge in [0.15, 0.2) is 0 Å². The summed E-state index contributed by atoms with van der Waals surface area (Å²) in [6.07, 6.45) is 4.74. The second-order valence-corrected chi connectivity index (χ2v) is 5.69. The Morgan fingerprint density at radius 2 is 2.06 bits per heavy atom. The van der Waals surface area contributed by atoms with Crippen LogP contribution in [0.3, 0.4) is 0 Å². The number of nitrogens with one attached hydrogen (secondary N) is 1. The van der Waals surface area contributed by atoms with E-state index in [2.05, 4.69) is 23.5 Å². The smallest absolute Gasteiger partial charge is 0.310 e. The van der Waals surface area contributed by atoms with E-state index >= 15 is 0 Å². The van der Waals surface area contributed by atoms with Crippen LogP contribution >= 0.6 is 0 Å². The standard InChI is InChI=1S/C15H21NO2/c1-15(2,14(17)18)10-16-13-9-5-7-11-6-3-4-8-12(11)13/h5,7,9,16H,3-4,6,8,10H2,1-2H3,(H,17,18). The maximum Gasteiger partial charge on any atom is 0.310 e. The van der Waals surface area contributed by atoms with E-state index < -0.39 is 11.4 Å². The van der Waals surface area contributed by atoms with Crippen LogP contribution in [0.25, 0.3) is 0 Å². The molecule has 3 nitrogen and oxygen atoms in total. The third-order valence-electron chi connectivity index (χ3n) is 3.70. The van der Waals surface area contributed by atoms with Crippen LogP contribution in [0.4, 0.5) is 5.69 Å². The highest BCUT2D eigenvalue weighted by Crippen LogP contribution is 2.28. The summed E-state index contributed by atoms with van der Waals surface area (Å²) in [6, 6.07) is 6.30. The molecule has 98 valence electrons. The third-order valence-corrected chi connectivity index (χ3v) is 3.70. The number of rotatable bonds is 4. The van der Waals surface area contributed by atoms with Crippen molar-refractivity contribution in [3.05, 3.63) is 29.3 Å². The summed E-state index contributed by atoms with van der Waals surface area (Å²) in [5, 5.41) is 12.4. The summed E-state index contributed by atoms with van der Waals surface area (Å²) in [7, 11) is 0. The van der Waals surface area contributed by atoms with Crippen molar-refractivity contribution in [2.45, 2.75) is 39.5 Å². The molecule has 0 saturated heterocycles. The number of hydrogen-bond acceptors (Lipinski definition) is 2. The van der Waals surface area contributed by atoms with Crippen LogP contribution < -0.4 is 5.32 Å². The highest BCUT2D eigenvalue weighted by molar-refractivity contribution is 5.74. The molecule has 0 saturated carbocycles. The second-order valence-electron chi connectivity index (χ2n) is 5.69. The molecule has 0 atom stereocenters. The molecular formula is C15H21NO2. The van der Waals surface area contributed by atoms with Crippen LogP contribution in [0, 0.1) is 5.41 Å². The fourth-order valence-electron chi connectivity index (χ4n) is 2.34. The Kier molecular flexibility index (Phi) is 3.60. The van der Waals surface area contributed by atoms with Crippen LogP contribution in [-0.4, -0.2) is 17.6 Å². The maximum absolute atomic E-state index is 11.1. The minimum absolute atomic E-state index is 0.457. The number of hydrogen-bond donors (Lipinski definition) is 2. The van der Waals surface area contributed by atoms with E-state index in [4.69, 9.17) is 5.11 Å². The van der Waals surface area contributed by atoms with Gasteiger partial charge >= 0.3 is 5.97 Å². The molecule has 2 N–H and O–H groups in total. The van der Waals surface area contributed by atoms with Gasteiger partial charge in [0.05, 0.1) is 5.41 Å². The first-order valence-corrected chi connectivity index (χ1v) is 6.59. The van der Waals surface area contributed by atoms with Crippen molar-refractivity contribution in [2.24, 2.45) is 5.41 Å². The minimum atomic E-state index is -0.764. The van der Waals surface area contributed by atoms with E-state index in [1.165, 1.54) is 24.0 Å². The number of carboxylic acid groups (broad SMARTS) is 1. The van der Waals surface area contributed by atoms with Gasteiger partial charge in [-0.1, -0.05) is 12.1 Å². The minimum Gasteiger partial charge on any atom is -0.481 e. The van der Waals surface area contributed by atoms with Gasteiger partial charge in [0.2, 0.25) is 0 Å². The van der Waals surface area contributed by atoms with Crippen LogP contribution in [-0.2, 0) is 17.6 Å². The number of benzene rings is 1. The summed E-state index contributed by atoms with van der Waals surface area (Å²) in [5.41, 5.74) is 3.17. The lowest BCUT2D eigenvalue weighted by atomic mass is 9.89. The number of fused-ring (bicyclic) bond motifs is 1. The molecular weight excluding hydrogens is 226 g/mol. The van der Waals surface area contributed by atoms with Crippen molar-refractivity contribution in [1.29, 1.82) is 0 Å². The molecule has 0 aliphatic heterocycles. The molecule has 0 bridgehead atoms. The molecule has 0 radical (unpaired) electrons. The lowest BCUT2D eigenvalue weighted by Crippen LogP contribution is -2.32. The molecule has 1 aliphatic rings. The molecule has 18 heavy (non-hydrogen) atoms. The van der Waals surface area contributed by atoms with Crippen molar-refractivity contribution in [1.82, 2.24) is 0 Å². The molecule has 0 amide bonds. The highest BCUT2D eigenvalue weighted by atomic mass is 16.4. The largest absolute Gasteiger partial charge is 0.481 e. The average molecular weight is 247 g/mol. The van der Waals surface area contributed by atoms with Crippen LogP contribution in [0.2, 0.25) is 0 Å². The molecule has 2 rings (SSSR count). The predicted molar refractivity (Wildman–Crippen MR) is 73.0 cm³/mol. The molecule has 0 aromatic heterocycles. The first kappa shape index (κ1) is 12.9. The summed E-state index contributed by atoms with van der Waals surface area (Å²) >= 11 is 0. The summed E-state index contributed by atoms with van der Waals surface area (Å²) in [4.78, 5) is 11.1. The van der Waals surface area contributed by atoms with Crippen LogP contribution in [0.5, 0.6) is 0 Å². The topological polar surface area (TPSA) is 49.3 Å².